The minimum absolute atomic E-state index is 0.0204. The minimum atomic E-state index is -0.488. The van der Waals surface area contributed by atoms with Crippen LogP contribution in [0.2, 0.25) is 5.02 Å². The van der Waals surface area contributed by atoms with E-state index in [9.17, 15) is 9.18 Å². The summed E-state index contributed by atoms with van der Waals surface area (Å²) in [6.07, 6.45) is 6.13. The molecule has 0 bridgehead atoms. The number of piperidine rings is 1. The van der Waals surface area contributed by atoms with Gasteiger partial charge in [-0.15, -0.1) is 0 Å². The van der Waals surface area contributed by atoms with Crippen LogP contribution in [0.25, 0.3) is 11.0 Å². The van der Waals surface area contributed by atoms with Gasteiger partial charge in [0, 0.05) is 12.2 Å². The van der Waals surface area contributed by atoms with Crippen LogP contribution in [0.1, 0.15) is 26.2 Å². The van der Waals surface area contributed by atoms with E-state index < -0.39 is 5.82 Å². The lowest BCUT2D eigenvalue weighted by molar-refractivity contribution is -0.144. The molecule has 2 N–H and O–H groups in total. The number of aromatic nitrogens is 4. The van der Waals surface area contributed by atoms with Crippen molar-refractivity contribution < 1.29 is 13.9 Å². The first kappa shape index (κ1) is 24.0. The fourth-order valence-electron chi connectivity index (χ4n) is 3.95. The van der Waals surface area contributed by atoms with Crippen LogP contribution >= 0.6 is 11.6 Å². The van der Waals surface area contributed by atoms with E-state index >= 15 is 0 Å². The van der Waals surface area contributed by atoms with Crippen molar-refractivity contribution in [2.45, 2.75) is 26.2 Å². The lowest BCUT2D eigenvalue weighted by atomic mass is 9.93. The van der Waals surface area contributed by atoms with Gasteiger partial charge in [-0.3, -0.25) is 9.69 Å². The van der Waals surface area contributed by atoms with Crippen LogP contribution in [0.3, 0.4) is 0 Å². The molecule has 11 heteroatoms. The third-order valence-electron chi connectivity index (χ3n) is 5.76. The molecule has 1 fully saturated rings. The number of carbonyl (C=O) groups excluding carboxylic acids is 1. The number of nitrogens with zero attached hydrogens (tertiary/aromatic N) is 5. The summed E-state index contributed by atoms with van der Waals surface area (Å²) in [6.45, 7) is 5.14. The van der Waals surface area contributed by atoms with Gasteiger partial charge in [-0.1, -0.05) is 11.6 Å². The van der Waals surface area contributed by atoms with Gasteiger partial charge in [0.2, 0.25) is 5.95 Å². The molecule has 0 saturated carbocycles. The van der Waals surface area contributed by atoms with Gasteiger partial charge in [0.1, 0.15) is 23.2 Å². The van der Waals surface area contributed by atoms with Crippen molar-refractivity contribution in [3.05, 3.63) is 41.6 Å². The highest BCUT2D eigenvalue weighted by atomic mass is 35.5. The van der Waals surface area contributed by atoms with Gasteiger partial charge in [-0.25, -0.2) is 24.3 Å². The summed E-state index contributed by atoms with van der Waals surface area (Å²) in [5, 5.41) is 6.43. The molecule has 0 aliphatic carbocycles. The zero-order chi connectivity index (χ0) is 23.9. The minimum Gasteiger partial charge on any atom is -0.465 e. The highest BCUT2D eigenvalue weighted by Crippen LogP contribution is 2.25. The van der Waals surface area contributed by atoms with Gasteiger partial charge in [0.15, 0.2) is 5.82 Å². The van der Waals surface area contributed by atoms with E-state index in [-0.39, 0.29) is 11.0 Å². The largest absolute Gasteiger partial charge is 0.465 e. The van der Waals surface area contributed by atoms with Gasteiger partial charge in [0.25, 0.3) is 0 Å². The maximum absolute atomic E-state index is 13.5. The summed E-state index contributed by atoms with van der Waals surface area (Å²) in [5.74, 6) is 0.902. The molecule has 9 nitrogen and oxygen atoms in total. The first-order valence-corrected chi connectivity index (χ1v) is 11.7. The van der Waals surface area contributed by atoms with Crippen molar-refractivity contribution in [1.82, 2.24) is 24.8 Å². The SMILES string of the molecule is CCOC(=O)CN1CCC(CCNc2ncc3ncnc(Nc4ccc(F)c(Cl)c4)c3n2)CC1. The number of carbonyl (C=O) groups is 1. The number of benzene rings is 1. The van der Waals surface area contributed by atoms with Crippen LogP contribution in [0.4, 0.5) is 21.8 Å². The third kappa shape index (κ3) is 6.27. The number of hydrogen-bond donors (Lipinski definition) is 2. The Morgan fingerprint density at radius 1 is 1.26 bits per heavy atom. The molecule has 0 unspecified atom stereocenters. The van der Waals surface area contributed by atoms with Gasteiger partial charge in [0.05, 0.1) is 24.4 Å². The molecular formula is C23H27ClFN7O2. The first-order chi connectivity index (χ1) is 16.5. The van der Waals surface area contributed by atoms with E-state index in [2.05, 4.69) is 35.5 Å². The standard InChI is InChI=1S/C23H27ClFN7O2/c1-2-34-20(33)13-32-9-6-15(7-10-32)5-8-26-23-27-12-19-21(31-23)22(29-14-28-19)30-16-3-4-18(25)17(24)11-16/h3-4,11-12,14-15H,2,5-10,13H2,1H3,(H,26,27,31)(H,28,29,30). The quantitative estimate of drug-likeness (QED) is 0.432. The Bertz CT molecular complexity index is 1140. The van der Waals surface area contributed by atoms with Gasteiger partial charge >= 0.3 is 5.97 Å². The summed E-state index contributed by atoms with van der Waals surface area (Å²) in [6, 6.07) is 4.36. The molecular weight excluding hydrogens is 461 g/mol. The number of nitrogens with one attached hydrogen (secondary N) is 2. The van der Waals surface area contributed by atoms with Crippen molar-refractivity contribution in [2.75, 3.05) is 43.4 Å². The molecule has 2 aromatic heterocycles. The lowest BCUT2D eigenvalue weighted by Crippen LogP contribution is -2.38. The zero-order valence-corrected chi connectivity index (χ0v) is 19.7. The van der Waals surface area contributed by atoms with E-state index in [1.165, 1.54) is 18.5 Å². The monoisotopic (exact) mass is 487 g/mol. The summed E-state index contributed by atoms with van der Waals surface area (Å²) < 4.78 is 18.5. The first-order valence-electron chi connectivity index (χ1n) is 11.3. The Labute approximate surface area is 202 Å². The molecule has 34 heavy (non-hydrogen) atoms. The molecule has 3 aromatic rings. The summed E-state index contributed by atoms with van der Waals surface area (Å²) in [5.41, 5.74) is 1.73. The molecule has 1 saturated heterocycles. The number of esters is 1. The van der Waals surface area contributed by atoms with E-state index in [1.807, 2.05) is 6.92 Å². The van der Waals surface area contributed by atoms with Crippen LogP contribution in [0.5, 0.6) is 0 Å². The maximum atomic E-state index is 13.5. The predicted molar refractivity (Wildman–Crippen MR) is 129 cm³/mol. The maximum Gasteiger partial charge on any atom is 0.320 e. The fraction of sp³-hybridized carbons (Fsp3) is 0.435. The van der Waals surface area contributed by atoms with Crippen molar-refractivity contribution >= 4 is 46.1 Å². The molecule has 1 aromatic carbocycles. The zero-order valence-electron chi connectivity index (χ0n) is 18.9. The number of likely N-dealkylation sites (tertiary alicyclic amines) is 1. The van der Waals surface area contributed by atoms with Gasteiger partial charge in [-0.05, 0) is 63.4 Å². The molecule has 0 amide bonds. The molecule has 0 spiro atoms. The number of ether oxygens (including phenoxy) is 1. The van der Waals surface area contributed by atoms with Crippen molar-refractivity contribution in [3.63, 3.8) is 0 Å². The van der Waals surface area contributed by atoms with Crippen molar-refractivity contribution in [3.8, 4) is 0 Å². The number of anilines is 3. The Morgan fingerprint density at radius 2 is 2.09 bits per heavy atom. The average molecular weight is 488 g/mol. The number of rotatable bonds is 9. The molecule has 1 aliphatic heterocycles. The molecule has 0 atom stereocenters. The Hall–Kier alpha value is -3.11. The number of fused-ring (bicyclic) bond motifs is 1. The summed E-state index contributed by atoms with van der Waals surface area (Å²) in [4.78, 5) is 31.2. The Balaban J connectivity index is 1.32. The van der Waals surface area contributed by atoms with E-state index in [0.717, 1.165) is 38.9 Å². The van der Waals surface area contributed by atoms with E-state index in [4.69, 9.17) is 16.3 Å². The van der Waals surface area contributed by atoms with Crippen molar-refractivity contribution in [1.29, 1.82) is 0 Å². The average Bonchev–Trinajstić information content (AvgIpc) is 2.83. The summed E-state index contributed by atoms with van der Waals surface area (Å²) >= 11 is 5.88. The van der Waals surface area contributed by atoms with Gasteiger partial charge < -0.3 is 15.4 Å². The number of hydrogen-bond acceptors (Lipinski definition) is 9. The second-order valence-corrected chi connectivity index (χ2v) is 8.55. The highest BCUT2D eigenvalue weighted by molar-refractivity contribution is 6.31. The molecule has 3 heterocycles. The molecule has 4 rings (SSSR count). The van der Waals surface area contributed by atoms with E-state index in [1.54, 1.807) is 12.3 Å². The Kier molecular flexibility index (Phi) is 8.02. The van der Waals surface area contributed by atoms with E-state index in [0.29, 0.717) is 47.6 Å². The normalized spacial score (nSPS) is 14.8. The predicted octanol–water partition coefficient (Wildman–Crippen LogP) is 4.03. The highest BCUT2D eigenvalue weighted by Gasteiger charge is 2.21. The fourth-order valence-corrected chi connectivity index (χ4v) is 4.13. The molecule has 180 valence electrons. The lowest BCUT2D eigenvalue weighted by Gasteiger charge is -2.31. The van der Waals surface area contributed by atoms with Crippen molar-refractivity contribution in [2.24, 2.45) is 5.92 Å². The second-order valence-electron chi connectivity index (χ2n) is 8.14. The Morgan fingerprint density at radius 3 is 2.85 bits per heavy atom. The smallest absolute Gasteiger partial charge is 0.320 e. The third-order valence-corrected chi connectivity index (χ3v) is 6.05. The van der Waals surface area contributed by atoms with Crippen LogP contribution in [0.15, 0.2) is 30.7 Å². The van der Waals surface area contributed by atoms with Crippen LogP contribution in [-0.4, -0.2) is 63.6 Å². The summed E-state index contributed by atoms with van der Waals surface area (Å²) in [7, 11) is 0. The van der Waals surface area contributed by atoms with Crippen LogP contribution < -0.4 is 10.6 Å². The number of halogens is 2. The molecule has 1 aliphatic rings. The van der Waals surface area contributed by atoms with Gasteiger partial charge in [-0.2, -0.15) is 0 Å². The van der Waals surface area contributed by atoms with Crippen LogP contribution in [0, 0.1) is 11.7 Å². The second kappa shape index (κ2) is 11.3. The van der Waals surface area contributed by atoms with Crippen LogP contribution in [-0.2, 0) is 9.53 Å². The molecule has 0 radical (unpaired) electrons. The topological polar surface area (TPSA) is 105 Å².